The van der Waals surface area contributed by atoms with E-state index in [4.69, 9.17) is 0 Å². The Morgan fingerprint density at radius 3 is 1.64 bits per heavy atom. The summed E-state index contributed by atoms with van der Waals surface area (Å²) in [6, 6.07) is 0. The highest BCUT2D eigenvalue weighted by atomic mass is 28.3. The third kappa shape index (κ3) is 5.07. The summed E-state index contributed by atoms with van der Waals surface area (Å²) in [5.74, 6) is 0. The number of hydrogen-bond donors (Lipinski definition) is 1. The van der Waals surface area contributed by atoms with Crippen molar-refractivity contribution in [3.63, 3.8) is 0 Å². The molecule has 0 amide bonds. The summed E-state index contributed by atoms with van der Waals surface area (Å²) in [6.45, 7) is 7.64. The smallest absolute Gasteiger partial charge is 0.270 e. The molecule has 0 unspecified atom stereocenters. The Bertz CT molecular complexity index is 129. The first-order valence-corrected chi connectivity index (χ1v) is 6.92. The Morgan fingerprint density at radius 1 is 0.929 bits per heavy atom. The summed E-state index contributed by atoms with van der Waals surface area (Å²) >= 11 is 0. The molecular weight excluding hydrogens is 192 g/mol. The van der Waals surface area contributed by atoms with Gasteiger partial charge in [-0.25, -0.2) is 0 Å². The van der Waals surface area contributed by atoms with Crippen molar-refractivity contribution in [2.75, 3.05) is 47.9 Å². The fourth-order valence-corrected chi connectivity index (χ4v) is 3.56. The number of rotatable bonds is 7. The molecule has 1 N–H and O–H groups in total. The van der Waals surface area contributed by atoms with Gasteiger partial charge in [0.25, 0.3) is 9.28 Å². The second-order valence-electron chi connectivity index (χ2n) is 3.97. The Kier molecular flexibility index (Phi) is 7.39. The van der Waals surface area contributed by atoms with Gasteiger partial charge in [0.1, 0.15) is 0 Å². The molecule has 86 valence electrons. The van der Waals surface area contributed by atoms with E-state index in [1.165, 1.54) is 0 Å². The maximum Gasteiger partial charge on any atom is 0.270 e. The summed E-state index contributed by atoms with van der Waals surface area (Å²) in [4.78, 5) is 6.03. The number of nitrogens with one attached hydrogen (secondary N) is 1. The van der Waals surface area contributed by atoms with Crippen LogP contribution in [0.1, 0.15) is 13.8 Å². The molecule has 0 aliphatic heterocycles. The first kappa shape index (κ1) is 14.1. The maximum absolute atomic E-state index is 3.64. The van der Waals surface area contributed by atoms with E-state index in [9.17, 15) is 0 Å². The summed E-state index contributed by atoms with van der Waals surface area (Å²) < 4.78 is 4.62. The summed E-state index contributed by atoms with van der Waals surface area (Å²) in [5, 5.41) is 0. The van der Waals surface area contributed by atoms with Gasteiger partial charge < -0.3 is 14.1 Å². The SMILES string of the molecule is CCN(CC)CN[SiH](N(C)C)N(C)C. The monoisotopic (exact) mass is 218 g/mol. The molecule has 0 saturated heterocycles. The zero-order valence-corrected chi connectivity index (χ0v) is 11.7. The predicted octanol–water partition coefficient (Wildman–Crippen LogP) is -0.284. The Hall–Kier alpha value is 0.0569. The van der Waals surface area contributed by atoms with Gasteiger partial charge in [-0.2, -0.15) is 0 Å². The second-order valence-corrected chi connectivity index (χ2v) is 7.19. The van der Waals surface area contributed by atoms with Crippen LogP contribution in [-0.2, 0) is 0 Å². The van der Waals surface area contributed by atoms with Crippen LogP contribution < -0.4 is 4.98 Å². The average Bonchev–Trinajstić information content (AvgIpc) is 2.11. The zero-order valence-electron chi connectivity index (χ0n) is 10.5. The molecule has 0 aliphatic rings. The van der Waals surface area contributed by atoms with Crippen LogP contribution in [0.15, 0.2) is 0 Å². The lowest BCUT2D eigenvalue weighted by Crippen LogP contribution is -2.58. The van der Waals surface area contributed by atoms with E-state index < -0.39 is 9.28 Å². The molecule has 4 nitrogen and oxygen atoms in total. The molecule has 0 radical (unpaired) electrons. The molecule has 0 saturated carbocycles. The van der Waals surface area contributed by atoms with Crippen molar-refractivity contribution in [3.8, 4) is 0 Å². The van der Waals surface area contributed by atoms with E-state index >= 15 is 0 Å². The molecule has 0 atom stereocenters. The van der Waals surface area contributed by atoms with E-state index in [0.29, 0.717) is 0 Å². The molecule has 0 aromatic heterocycles. The van der Waals surface area contributed by atoms with Crippen LogP contribution in [0.3, 0.4) is 0 Å². The van der Waals surface area contributed by atoms with Gasteiger partial charge in [0.15, 0.2) is 0 Å². The van der Waals surface area contributed by atoms with Crippen molar-refractivity contribution >= 4 is 9.28 Å². The highest BCUT2D eigenvalue weighted by molar-refractivity contribution is 6.49. The molecule has 5 heteroatoms. The second kappa shape index (κ2) is 7.36. The van der Waals surface area contributed by atoms with E-state index in [0.717, 1.165) is 19.8 Å². The van der Waals surface area contributed by atoms with Crippen molar-refractivity contribution < 1.29 is 0 Å². The minimum absolute atomic E-state index is 1.00. The first-order chi connectivity index (χ1) is 6.52. The molecule has 0 spiro atoms. The lowest BCUT2D eigenvalue weighted by Gasteiger charge is -2.31. The fraction of sp³-hybridized carbons (Fsp3) is 1.00. The van der Waals surface area contributed by atoms with Crippen LogP contribution in [-0.4, -0.2) is 71.3 Å². The molecule has 0 heterocycles. The third-order valence-electron chi connectivity index (χ3n) is 2.37. The van der Waals surface area contributed by atoms with E-state index in [1.54, 1.807) is 0 Å². The summed E-state index contributed by atoms with van der Waals surface area (Å²) in [6.07, 6.45) is 0. The Morgan fingerprint density at radius 2 is 1.36 bits per heavy atom. The van der Waals surface area contributed by atoms with Gasteiger partial charge in [-0.3, -0.25) is 4.90 Å². The average molecular weight is 218 g/mol. The van der Waals surface area contributed by atoms with Crippen LogP contribution in [0, 0.1) is 0 Å². The summed E-state index contributed by atoms with van der Waals surface area (Å²) in [5.41, 5.74) is 0. The van der Waals surface area contributed by atoms with Crippen LogP contribution in [0.2, 0.25) is 0 Å². The molecule has 0 fully saturated rings. The maximum atomic E-state index is 3.64. The highest BCUT2D eigenvalue weighted by Gasteiger charge is 2.16. The van der Waals surface area contributed by atoms with Crippen molar-refractivity contribution in [2.24, 2.45) is 0 Å². The quantitative estimate of drug-likeness (QED) is 0.468. The van der Waals surface area contributed by atoms with Gasteiger partial charge in [0.2, 0.25) is 0 Å². The minimum atomic E-state index is -1.09. The van der Waals surface area contributed by atoms with E-state index in [1.807, 2.05) is 0 Å². The van der Waals surface area contributed by atoms with E-state index in [2.05, 4.69) is 61.1 Å². The first-order valence-electron chi connectivity index (χ1n) is 5.31. The van der Waals surface area contributed by atoms with E-state index in [-0.39, 0.29) is 0 Å². The standard InChI is InChI=1S/C9H26N4Si/c1-7-13(8-2)9-10-14(11(3)4)12(5)6/h10,14H,7-9H2,1-6H3. The van der Waals surface area contributed by atoms with Crippen LogP contribution in [0.5, 0.6) is 0 Å². The summed E-state index contributed by atoms with van der Waals surface area (Å²) in [7, 11) is 7.49. The van der Waals surface area contributed by atoms with Crippen molar-refractivity contribution in [1.29, 1.82) is 0 Å². The Balaban J connectivity index is 3.92. The van der Waals surface area contributed by atoms with Gasteiger partial charge in [0, 0.05) is 6.67 Å². The zero-order chi connectivity index (χ0) is 11.1. The van der Waals surface area contributed by atoms with Gasteiger partial charge >= 0.3 is 0 Å². The lowest BCUT2D eigenvalue weighted by atomic mass is 10.6. The molecule has 0 bridgehead atoms. The fourth-order valence-electron chi connectivity index (χ4n) is 1.48. The Labute approximate surface area is 90.7 Å². The van der Waals surface area contributed by atoms with Gasteiger partial charge in [-0.1, -0.05) is 13.8 Å². The van der Waals surface area contributed by atoms with Gasteiger partial charge in [-0.15, -0.1) is 0 Å². The topological polar surface area (TPSA) is 21.8 Å². The van der Waals surface area contributed by atoms with Gasteiger partial charge in [0.05, 0.1) is 0 Å². The highest BCUT2D eigenvalue weighted by Crippen LogP contribution is 1.89. The number of hydrogen-bond acceptors (Lipinski definition) is 4. The van der Waals surface area contributed by atoms with Crippen molar-refractivity contribution in [2.45, 2.75) is 13.8 Å². The van der Waals surface area contributed by atoms with Crippen molar-refractivity contribution in [1.82, 2.24) is 19.0 Å². The lowest BCUT2D eigenvalue weighted by molar-refractivity contribution is 0.291. The van der Waals surface area contributed by atoms with Crippen LogP contribution in [0.4, 0.5) is 0 Å². The molecule has 0 aromatic rings. The van der Waals surface area contributed by atoms with Gasteiger partial charge in [-0.05, 0) is 41.3 Å². The normalized spacial score (nSPS) is 12.4. The van der Waals surface area contributed by atoms with Crippen LogP contribution in [0.25, 0.3) is 0 Å². The molecular formula is C9H26N4Si. The minimum Gasteiger partial charge on any atom is -0.308 e. The molecule has 0 rings (SSSR count). The molecule has 0 aromatic carbocycles. The molecule has 0 aliphatic carbocycles. The van der Waals surface area contributed by atoms with Crippen LogP contribution >= 0.6 is 0 Å². The van der Waals surface area contributed by atoms with Crippen molar-refractivity contribution in [3.05, 3.63) is 0 Å². The largest absolute Gasteiger partial charge is 0.308 e. The molecule has 14 heavy (non-hydrogen) atoms. The predicted molar refractivity (Wildman–Crippen MR) is 65.4 cm³/mol. The third-order valence-corrected chi connectivity index (χ3v) is 4.87. The number of nitrogens with zero attached hydrogens (tertiary/aromatic N) is 3.